The molecule has 0 radical (unpaired) electrons. The van der Waals surface area contributed by atoms with E-state index < -0.39 is 5.97 Å². The lowest BCUT2D eigenvalue weighted by molar-refractivity contribution is 0.0691. The van der Waals surface area contributed by atoms with E-state index in [4.69, 9.17) is 0 Å². The van der Waals surface area contributed by atoms with E-state index in [-0.39, 0.29) is 11.6 Å². The first kappa shape index (κ1) is 15.9. The van der Waals surface area contributed by atoms with E-state index in [0.29, 0.717) is 11.5 Å². The van der Waals surface area contributed by atoms with Crippen molar-refractivity contribution in [2.24, 2.45) is 0 Å². The number of carbonyl (C=O) groups is 1. The van der Waals surface area contributed by atoms with Gasteiger partial charge in [-0.15, -0.1) is 0 Å². The van der Waals surface area contributed by atoms with E-state index in [1.807, 2.05) is 32.0 Å². The molecule has 2 aromatic rings. The molecule has 5 nitrogen and oxygen atoms in total. The summed E-state index contributed by atoms with van der Waals surface area (Å²) >= 11 is 6.80. The van der Waals surface area contributed by atoms with E-state index in [9.17, 15) is 9.90 Å². The van der Waals surface area contributed by atoms with Gasteiger partial charge < -0.3 is 10.4 Å². The first-order valence-corrected chi connectivity index (χ1v) is 7.79. The van der Waals surface area contributed by atoms with E-state index in [1.165, 1.54) is 6.20 Å². The third-order valence-corrected chi connectivity index (χ3v) is 3.91. The molecule has 7 heteroatoms. The van der Waals surface area contributed by atoms with Gasteiger partial charge in [-0.3, -0.25) is 0 Å². The van der Waals surface area contributed by atoms with Gasteiger partial charge in [-0.1, -0.05) is 29.8 Å². The van der Waals surface area contributed by atoms with Crippen molar-refractivity contribution in [3.8, 4) is 0 Å². The molecule has 2 N–H and O–H groups in total. The maximum absolute atomic E-state index is 11.4. The van der Waals surface area contributed by atoms with Crippen molar-refractivity contribution in [1.29, 1.82) is 0 Å². The highest BCUT2D eigenvalue weighted by Gasteiger charge is 2.16. The third-order valence-electron chi connectivity index (χ3n) is 2.72. The number of aromatic nitrogens is 2. The van der Waals surface area contributed by atoms with Crippen LogP contribution in [0.1, 0.15) is 36.1 Å². The van der Waals surface area contributed by atoms with Crippen LogP contribution in [0.15, 0.2) is 33.3 Å². The lowest BCUT2D eigenvalue weighted by Crippen LogP contribution is -2.10. The second kappa shape index (κ2) is 6.53. The molecule has 0 bridgehead atoms. The SMILES string of the molecule is CC(C)c1ncc(Nc2cc(Br)ccc2Br)c(C(=O)O)n1. The minimum absolute atomic E-state index is 0.0411. The van der Waals surface area contributed by atoms with Crippen LogP contribution >= 0.6 is 31.9 Å². The number of hydrogen-bond donors (Lipinski definition) is 2. The molecule has 0 aliphatic heterocycles. The van der Waals surface area contributed by atoms with Gasteiger partial charge in [0.2, 0.25) is 0 Å². The fraction of sp³-hybridized carbons (Fsp3) is 0.214. The van der Waals surface area contributed by atoms with Crippen LogP contribution in [0, 0.1) is 0 Å². The predicted molar refractivity (Wildman–Crippen MR) is 88.2 cm³/mol. The second-order valence-corrected chi connectivity index (χ2v) is 6.47. The number of anilines is 2. The first-order chi connectivity index (χ1) is 9.88. The van der Waals surface area contributed by atoms with E-state index in [1.54, 1.807) is 0 Å². The van der Waals surface area contributed by atoms with Crippen molar-refractivity contribution in [2.45, 2.75) is 19.8 Å². The standard InChI is InChI=1S/C14H13Br2N3O2/c1-7(2)13-17-6-11(12(19-13)14(20)21)18-10-5-8(15)3-4-9(10)16/h3-7,18H,1-2H3,(H,20,21). The van der Waals surface area contributed by atoms with Crippen LogP contribution in [0.3, 0.4) is 0 Å². The van der Waals surface area contributed by atoms with Crippen LogP contribution in [0.5, 0.6) is 0 Å². The van der Waals surface area contributed by atoms with Crippen molar-refractivity contribution in [3.05, 3.63) is 44.9 Å². The third kappa shape index (κ3) is 3.79. The largest absolute Gasteiger partial charge is 0.476 e. The highest BCUT2D eigenvalue weighted by Crippen LogP contribution is 2.30. The van der Waals surface area contributed by atoms with Crippen LogP contribution < -0.4 is 5.32 Å². The van der Waals surface area contributed by atoms with Crippen molar-refractivity contribution >= 4 is 49.2 Å². The molecular weight excluding hydrogens is 402 g/mol. The summed E-state index contributed by atoms with van der Waals surface area (Å²) in [4.78, 5) is 19.7. The molecule has 2 rings (SSSR count). The van der Waals surface area contributed by atoms with Gasteiger partial charge in [-0.2, -0.15) is 0 Å². The summed E-state index contributed by atoms with van der Waals surface area (Å²) in [5.74, 6) is -0.520. The number of carboxylic acids is 1. The van der Waals surface area contributed by atoms with Gasteiger partial charge in [-0.25, -0.2) is 14.8 Å². The number of aromatic carboxylic acids is 1. The van der Waals surface area contributed by atoms with Crippen molar-refractivity contribution < 1.29 is 9.90 Å². The number of nitrogens with zero attached hydrogens (tertiary/aromatic N) is 2. The molecule has 21 heavy (non-hydrogen) atoms. The Balaban J connectivity index is 2.44. The Morgan fingerprint density at radius 2 is 2.00 bits per heavy atom. The molecule has 1 aromatic carbocycles. The summed E-state index contributed by atoms with van der Waals surface area (Å²) in [5, 5.41) is 12.4. The highest BCUT2D eigenvalue weighted by atomic mass is 79.9. The minimum atomic E-state index is -1.09. The first-order valence-electron chi connectivity index (χ1n) is 6.20. The zero-order chi connectivity index (χ0) is 15.6. The average Bonchev–Trinajstić information content (AvgIpc) is 2.42. The molecule has 0 fully saturated rings. The topological polar surface area (TPSA) is 75.1 Å². The molecule has 0 spiro atoms. The van der Waals surface area contributed by atoms with Gasteiger partial charge in [0, 0.05) is 14.9 Å². The summed E-state index contributed by atoms with van der Waals surface area (Å²) in [6, 6.07) is 5.58. The summed E-state index contributed by atoms with van der Waals surface area (Å²) in [7, 11) is 0. The van der Waals surface area contributed by atoms with Crippen LogP contribution in [-0.4, -0.2) is 21.0 Å². The minimum Gasteiger partial charge on any atom is -0.476 e. The molecule has 0 saturated carbocycles. The lowest BCUT2D eigenvalue weighted by Gasteiger charge is -2.12. The van der Waals surface area contributed by atoms with Crippen LogP contribution in [0.4, 0.5) is 11.4 Å². The Kier molecular flexibility index (Phi) is 4.95. The summed E-state index contributed by atoms with van der Waals surface area (Å²) in [6.45, 7) is 3.83. The molecule has 1 aromatic heterocycles. The number of hydrogen-bond acceptors (Lipinski definition) is 4. The molecule has 0 amide bonds. The van der Waals surface area contributed by atoms with E-state index in [0.717, 1.165) is 14.6 Å². The van der Waals surface area contributed by atoms with E-state index >= 15 is 0 Å². The Bertz CT molecular complexity index is 690. The molecule has 0 aliphatic carbocycles. The summed E-state index contributed by atoms with van der Waals surface area (Å²) in [5.41, 5.74) is 1.04. The Labute approximate surface area is 139 Å². The van der Waals surface area contributed by atoms with Crippen molar-refractivity contribution in [2.75, 3.05) is 5.32 Å². The number of benzene rings is 1. The number of nitrogens with one attached hydrogen (secondary N) is 1. The maximum Gasteiger partial charge on any atom is 0.356 e. The summed E-state index contributed by atoms with van der Waals surface area (Å²) in [6.07, 6.45) is 1.50. The van der Waals surface area contributed by atoms with Gasteiger partial charge in [0.1, 0.15) is 5.82 Å². The Hall–Kier alpha value is -1.47. The van der Waals surface area contributed by atoms with Gasteiger partial charge in [0.15, 0.2) is 5.69 Å². The van der Waals surface area contributed by atoms with Crippen LogP contribution in [0.25, 0.3) is 0 Å². The van der Waals surface area contributed by atoms with Gasteiger partial charge in [-0.05, 0) is 34.1 Å². The molecule has 110 valence electrons. The normalized spacial score (nSPS) is 10.7. The number of carboxylic acid groups (broad SMARTS) is 1. The Morgan fingerprint density at radius 1 is 1.29 bits per heavy atom. The molecule has 1 heterocycles. The smallest absolute Gasteiger partial charge is 0.356 e. The quantitative estimate of drug-likeness (QED) is 0.766. The van der Waals surface area contributed by atoms with Gasteiger partial charge >= 0.3 is 5.97 Å². The highest BCUT2D eigenvalue weighted by molar-refractivity contribution is 9.11. The summed E-state index contributed by atoms with van der Waals surface area (Å²) < 4.78 is 1.69. The molecule has 0 saturated heterocycles. The van der Waals surface area contributed by atoms with Crippen molar-refractivity contribution in [1.82, 2.24) is 9.97 Å². The second-order valence-electron chi connectivity index (χ2n) is 4.70. The fourth-order valence-corrected chi connectivity index (χ4v) is 2.37. The zero-order valence-corrected chi connectivity index (χ0v) is 14.6. The van der Waals surface area contributed by atoms with Crippen LogP contribution in [-0.2, 0) is 0 Å². The molecular formula is C14H13Br2N3O2. The Morgan fingerprint density at radius 3 is 2.62 bits per heavy atom. The monoisotopic (exact) mass is 413 g/mol. The average molecular weight is 415 g/mol. The van der Waals surface area contributed by atoms with Crippen molar-refractivity contribution in [3.63, 3.8) is 0 Å². The van der Waals surface area contributed by atoms with Gasteiger partial charge in [0.05, 0.1) is 17.6 Å². The molecule has 0 atom stereocenters. The maximum atomic E-state index is 11.4. The number of rotatable bonds is 4. The predicted octanol–water partition coefficient (Wildman–Crippen LogP) is 4.57. The number of halogens is 2. The zero-order valence-electron chi connectivity index (χ0n) is 11.4. The molecule has 0 unspecified atom stereocenters. The molecule has 0 aliphatic rings. The fourth-order valence-electron chi connectivity index (χ4n) is 1.67. The van der Waals surface area contributed by atoms with Gasteiger partial charge in [0.25, 0.3) is 0 Å². The van der Waals surface area contributed by atoms with E-state index in [2.05, 4.69) is 47.1 Å². The lowest BCUT2D eigenvalue weighted by atomic mass is 10.2. The van der Waals surface area contributed by atoms with Crippen LogP contribution in [0.2, 0.25) is 0 Å².